The van der Waals surface area contributed by atoms with Crippen LogP contribution in [-0.2, 0) is 16.0 Å². The summed E-state index contributed by atoms with van der Waals surface area (Å²) >= 11 is 0. The molecule has 0 aliphatic heterocycles. The number of benzene rings is 2. The van der Waals surface area contributed by atoms with Crippen molar-refractivity contribution in [3.63, 3.8) is 0 Å². The van der Waals surface area contributed by atoms with E-state index in [9.17, 15) is 9.59 Å². The standard InChI is InChI=1S/C19H23N3O3/c1-3-14-5-4-6-16(9-14)25-12-19(24)21-15-8-7-13(2)17(10-15)22-18(23)11-20/h4-10H,3,11-12,20H2,1-2H3,(H,21,24)(H,22,23). The van der Waals surface area contributed by atoms with E-state index in [1.807, 2.05) is 37.3 Å². The molecule has 0 bridgehead atoms. The van der Waals surface area contributed by atoms with Gasteiger partial charge in [0, 0.05) is 11.4 Å². The van der Waals surface area contributed by atoms with Crippen molar-refractivity contribution >= 4 is 23.2 Å². The minimum atomic E-state index is -0.286. The van der Waals surface area contributed by atoms with E-state index in [2.05, 4.69) is 17.6 Å². The lowest BCUT2D eigenvalue weighted by Gasteiger charge is -2.12. The molecule has 0 radical (unpaired) electrons. The molecule has 0 spiro atoms. The van der Waals surface area contributed by atoms with Gasteiger partial charge in [-0.1, -0.05) is 25.1 Å². The molecule has 0 saturated carbocycles. The van der Waals surface area contributed by atoms with Crippen molar-refractivity contribution in [1.82, 2.24) is 0 Å². The lowest BCUT2D eigenvalue weighted by molar-refractivity contribution is -0.118. The van der Waals surface area contributed by atoms with E-state index < -0.39 is 0 Å². The molecule has 0 aliphatic rings. The van der Waals surface area contributed by atoms with Crippen molar-refractivity contribution in [2.45, 2.75) is 20.3 Å². The van der Waals surface area contributed by atoms with Crippen LogP contribution in [0.2, 0.25) is 0 Å². The van der Waals surface area contributed by atoms with E-state index in [-0.39, 0.29) is 25.0 Å². The van der Waals surface area contributed by atoms with Crippen LogP contribution in [0.4, 0.5) is 11.4 Å². The van der Waals surface area contributed by atoms with E-state index >= 15 is 0 Å². The number of ether oxygens (including phenoxy) is 1. The average molecular weight is 341 g/mol. The van der Waals surface area contributed by atoms with E-state index in [0.29, 0.717) is 17.1 Å². The third-order valence-electron chi connectivity index (χ3n) is 3.66. The van der Waals surface area contributed by atoms with Crippen LogP contribution in [0.25, 0.3) is 0 Å². The maximum absolute atomic E-state index is 12.1. The molecule has 0 unspecified atom stereocenters. The van der Waals surface area contributed by atoms with Gasteiger partial charge in [0.05, 0.1) is 6.54 Å². The van der Waals surface area contributed by atoms with E-state index in [1.165, 1.54) is 0 Å². The smallest absolute Gasteiger partial charge is 0.262 e. The molecule has 2 aromatic rings. The first-order valence-corrected chi connectivity index (χ1v) is 8.14. The monoisotopic (exact) mass is 341 g/mol. The van der Waals surface area contributed by atoms with Crippen molar-refractivity contribution in [2.24, 2.45) is 5.73 Å². The Bertz CT molecular complexity index is 759. The minimum Gasteiger partial charge on any atom is -0.484 e. The normalized spacial score (nSPS) is 10.2. The number of hydrogen-bond acceptors (Lipinski definition) is 4. The van der Waals surface area contributed by atoms with E-state index in [4.69, 9.17) is 10.5 Å². The number of carbonyl (C=O) groups is 2. The lowest BCUT2D eigenvalue weighted by Crippen LogP contribution is -2.23. The molecule has 0 aromatic heterocycles. The largest absolute Gasteiger partial charge is 0.484 e. The summed E-state index contributed by atoms with van der Waals surface area (Å²) in [6.45, 7) is 3.73. The Morgan fingerprint density at radius 2 is 1.88 bits per heavy atom. The summed E-state index contributed by atoms with van der Waals surface area (Å²) in [4.78, 5) is 23.5. The molecule has 0 fully saturated rings. The fourth-order valence-electron chi connectivity index (χ4n) is 2.24. The molecular formula is C19H23N3O3. The predicted molar refractivity (Wildman–Crippen MR) is 98.8 cm³/mol. The molecular weight excluding hydrogens is 318 g/mol. The molecule has 2 rings (SSSR count). The quantitative estimate of drug-likeness (QED) is 0.721. The molecule has 2 amide bonds. The van der Waals surface area contributed by atoms with Gasteiger partial charge in [-0.3, -0.25) is 9.59 Å². The van der Waals surface area contributed by atoms with Crippen molar-refractivity contribution < 1.29 is 14.3 Å². The zero-order valence-electron chi connectivity index (χ0n) is 14.5. The number of nitrogens with two attached hydrogens (primary N) is 1. The fourth-order valence-corrected chi connectivity index (χ4v) is 2.24. The molecule has 0 saturated heterocycles. The van der Waals surface area contributed by atoms with Crippen LogP contribution >= 0.6 is 0 Å². The predicted octanol–water partition coefficient (Wildman–Crippen LogP) is 2.47. The summed E-state index contributed by atoms with van der Waals surface area (Å²) in [6, 6.07) is 12.9. The van der Waals surface area contributed by atoms with Crippen molar-refractivity contribution in [2.75, 3.05) is 23.8 Å². The van der Waals surface area contributed by atoms with E-state index in [0.717, 1.165) is 17.5 Å². The van der Waals surface area contributed by atoms with Crippen LogP contribution in [0.3, 0.4) is 0 Å². The number of nitrogens with one attached hydrogen (secondary N) is 2. The minimum absolute atomic E-state index is 0.0917. The number of aryl methyl sites for hydroxylation is 2. The Morgan fingerprint density at radius 3 is 2.60 bits per heavy atom. The lowest BCUT2D eigenvalue weighted by atomic mass is 10.1. The Labute approximate surface area is 147 Å². The molecule has 6 nitrogen and oxygen atoms in total. The van der Waals surface area contributed by atoms with Crippen molar-refractivity contribution in [3.05, 3.63) is 53.6 Å². The third-order valence-corrected chi connectivity index (χ3v) is 3.66. The second kappa shape index (κ2) is 8.84. The number of amides is 2. The Kier molecular flexibility index (Phi) is 6.54. The zero-order chi connectivity index (χ0) is 18.2. The van der Waals surface area contributed by atoms with Crippen LogP contribution in [-0.4, -0.2) is 25.0 Å². The average Bonchev–Trinajstić information content (AvgIpc) is 2.62. The summed E-state index contributed by atoms with van der Waals surface area (Å²) in [5.74, 6) is 0.0990. The van der Waals surface area contributed by atoms with Gasteiger partial charge < -0.3 is 21.1 Å². The van der Waals surface area contributed by atoms with Crippen molar-refractivity contribution in [3.8, 4) is 5.75 Å². The van der Waals surface area contributed by atoms with Gasteiger partial charge in [-0.05, 0) is 48.7 Å². The highest BCUT2D eigenvalue weighted by Gasteiger charge is 2.08. The first kappa shape index (κ1) is 18.5. The van der Waals surface area contributed by atoms with Gasteiger partial charge in [-0.2, -0.15) is 0 Å². The number of anilines is 2. The summed E-state index contributed by atoms with van der Waals surface area (Å²) < 4.78 is 5.52. The molecule has 25 heavy (non-hydrogen) atoms. The van der Waals surface area contributed by atoms with E-state index in [1.54, 1.807) is 12.1 Å². The Morgan fingerprint density at radius 1 is 1.08 bits per heavy atom. The summed E-state index contributed by atoms with van der Waals surface area (Å²) in [5.41, 5.74) is 8.53. The fraction of sp³-hybridized carbons (Fsp3) is 0.263. The van der Waals surface area contributed by atoms with Crippen LogP contribution < -0.4 is 21.1 Å². The van der Waals surface area contributed by atoms with Gasteiger partial charge in [0.1, 0.15) is 5.75 Å². The van der Waals surface area contributed by atoms with Crippen LogP contribution in [0.15, 0.2) is 42.5 Å². The summed E-state index contributed by atoms with van der Waals surface area (Å²) in [5, 5.41) is 5.45. The number of hydrogen-bond donors (Lipinski definition) is 3. The first-order valence-electron chi connectivity index (χ1n) is 8.14. The molecule has 132 valence electrons. The molecule has 0 aliphatic carbocycles. The van der Waals surface area contributed by atoms with Gasteiger partial charge >= 0.3 is 0 Å². The summed E-state index contributed by atoms with van der Waals surface area (Å²) in [6.07, 6.45) is 0.907. The van der Waals surface area contributed by atoms with Gasteiger partial charge in [-0.25, -0.2) is 0 Å². The van der Waals surface area contributed by atoms with Gasteiger partial charge in [-0.15, -0.1) is 0 Å². The Hall–Kier alpha value is -2.86. The number of rotatable bonds is 7. The highest BCUT2D eigenvalue weighted by molar-refractivity contribution is 5.95. The van der Waals surface area contributed by atoms with Crippen LogP contribution in [0.1, 0.15) is 18.1 Å². The first-order chi connectivity index (χ1) is 12.0. The molecule has 0 heterocycles. The maximum atomic E-state index is 12.1. The Balaban J connectivity index is 1.95. The summed E-state index contributed by atoms with van der Waals surface area (Å²) in [7, 11) is 0. The molecule has 6 heteroatoms. The second-order valence-electron chi connectivity index (χ2n) is 5.62. The van der Waals surface area contributed by atoms with Crippen molar-refractivity contribution in [1.29, 1.82) is 0 Å². The maximum Gasteiger partial charge on any atom is 0.262 e. The van der Waals surface area contributed by atoms with Gasteiger partial charge in [0.15, 0.2) is 6.61 Å². The number of carbonyl (C=O) groups excluding carboxylic acids is 2. The van der Waals surface area contributed by atoms with Gasteiger partial charge in [0.2, 0.25) is 5.91 Å². The third kappa shape index (κ3) is 5.61. The van der Waals surface area contributed by atoms with Gasteiger partial charge in [0.25, 0.3) is 5.91 Å². The topological polar surface area (TPSA) is 93.5 Å². The van der Waals surface area contributed by atoms with Crippen LogP contribution in [0.5, 0.6) is 5.75 Å². The van der Waals surface area contributed by atoms with Crippen LogP contribution in [0, 0.1) is 6.92 Å². The molecule has 0 atom stereocenters. The highest BCUT2D eigenvalue weighted by Crippen LogP contribution is 2.20. The molecule has 4 N–H and O–H groups in total. The second-order valence-corrected chi connectivity index (χ2v) is 5.62. The highest BCUT2D eigenvalue weighted by atomic mass is 16.5. The molecule has 2 aromatic carbocycles. The SMILES string of the molecule is CCc1cccc(OCC(=O)Nc2ccc(C)c(NC(=O)CN)c2)c1. The zero-order valence-corrected chi connectivity index (χ0v) is 14.5.